The first-order valence-corrected chi connectivity index (χ1v) is 11.6. The van der Waals surface area contributed by atoms with Crippen LogP contribution in [0.4, 0.5) is 35.3 Å². The Bertz CT molecular complexity index is 1490. The molecule has 0 spiro atoms. The van der Waals surface area contributed by atoms with Crippen molar-refractivity contribution >= 4 is 29.3 Å². The summed E-state index contributed by atoms with van der Waals surface area (Å²) in [5.74, 6) is 0.0753. The third-order valence-electron chi connectivity index (χ3n) is 6.21. The van der Waals surface area contributed by atoms with E-state index in [1.807, 2.05) is 0 Å². The van der Waals surface area contributed by atoms with Crippen molar-refractivity contribution in [2.75, 3.05) is 17.2 Å². The number of benzene rings is 2. The molecule has 1 aliphatic rings. The summed E-state index contributed by atoms with van der Waals surface area (Å²) in [7, 11) is 0. The molecule has 2 aromatic carbocycles. The number of pyridine rings is 1. The minimum absolute atomic E-state index is 0.115. The fourth-order valence-electron chi connectivity index (χ4n) is 4.38. The first-order chi connectivity index (χ1) is 18.2. The Kier molecular flexibility index (Phi) is 6.45. The van der Waals surface area contributed by atoms with Crippen LogP contribution in [-0.2, 0) is 19.1 Å². The quantitative estimate of drug-likeness (QED) is 0.296. The third kappa shape index (κ3) is 5.01. The highest BCUT2D eigenvalue weighted by atomic mass is 19.4. The summed E-state index contributed by atoms with van der Waals surface area (Å²) >= 11 is 0. The molecule has 3 amide bonds. The predicted octanol–water partition coefficient (Wildman–Crippen LogP) is 4.92. The van der Waals surface area contributed by atoms with Crippen LogP contribution < -0.4 is 16.4 Å². The molecule has 3 heterocycles. The number of aromatic amines is 1. The largest absolute Gasteiger partial charge is 0.416 e. The van der Waals surface area contributed by atoms with E-state index in [2.05, 4.69) is 25.8 Å². The second-order valence-electron chi connectivity index (χ2n) is 8.65. The number of nitrogens with two attached hydrogens (primary N) is 1. The number of primary amides is 1. The predicted molar refractivity (Wildman–Crippen MR) is 135 cm³/mol. The van der Waals surface area contributed by atoms with Gasteiger partial charge in [-0.15, -0.1) is 0 Å². The van der Waals surface area contributed by atoms with E-state index in [4.69, 9.17) is 5.73 Å². The van der Waals surface area contributed by atoms with Gasteiger partial charge in [-0.2, -0.15) is 18.3 Å². The van der Waals surface area contributed by atoms with Gasteiger partial charge in [-0.05, 0) is 47.9 Å². The lowest BCUT2D eigenvalue weighted by molar-refractivity contribution is -0.138. The lowest BCUT2D eigenvalue weighted by atomic mass is 9.94. The molecule has 38 heavy (non-hydrogen) atoms. The van der Waals surface area contributed by atoms with Crippen LogP contribution in [0, 0.1) is 0 Å². The van der Waals surface area contributed by atoms with Crippen molar-refractivity contribution in [3.05, 3.63) is 89.1 Å². The van der Waals surface area contributed by atoms with E-state index in [1.54, 1.807) is 54.7 Å². The number of aromatic nitrogens is 3. The molecule has 0 fully saturated rings. The van der Waals surface area contributed by atoms with Gasteiger partial charge in [0.2, 0.25) is 0 Å². The third-order valence-corrected chi connectivity index (χ3v) is 6.21. The molecule has 0 bridgehead atoms. The number of nitrogens with zero attached hydrogens (tertiary/aromatic N) is 3. The number of hydrogen-bond acceptors (Lipinski definition) is 5. The Morgan fingerprint density at radius 1 is 1.03 bits per heavy atom. The lowest BCUT2D eigenvalue weighted by Crippen LogP contribution is -2.39. The highest BCUT2D eigenvalue weighted by Gasteiger charge is 2.36. The maximum absolute atomic E-state index is 13.5. The number of carbonyl (C=O) groups is 2. The molecule has 0 unspecified atom stereocenters. The summed E-state index contributed by atoms with van der Waals surface area (Å²) in [6.07, 6.45) is -2.58. The summed E-state index contributed by atoms with van der Waals surface area (Å²) in [5.41, 5.74) is 7.02. The molecular weight excluding hydrogens is 499 g/mol. The van der Waals surface area contributed by atoms with Gasteiger partial charge in [0.25, 0.3) is 5.91 Å². The normalized spacial score (nSPS) is 13.1. The molecule has 0 saturated heterocycles. The van der Waals surface area contributed by atoms with Crippen LogP contribution in [-0.4, -0.2) is 38.6 Å². The average molecular weight is 522 g/mol. The summed E-state index contributed by atoms with van der Waals surface area (Å²) in [4.78, 5) is 30.6. The van der Waals surface area contributed by atoms with Gasteiger partial charge in [-0.25, -0.2) is 9.78 Å². The van der Waals surface area contributed by atoms with E-state index >= 15 is 0 Å². The smallest absolute Gasteiger partial charge is 0.365 e. The lowest BCUT2D eigenvalue weighted by Gasteiger charge is -2.30. The molecule has 12 heteroatoms. The molecule has 0 aliphatic carbocycles. The zero-order valence-corrected chi connectivity index (χ0v) is 19.8. The summed E-state index contributed by atoms with van der Waals surface area (Å²) in [6.45, 7) is 0.149. The number of halogens is 3. The molecule has 9 nitrogen and oxygen atoms in total. The SMILES string of the molecule is NC(=O)c1c(-c2ccc(NC(=O)N3CCc4cccc(C(F)(F)F)c4C3)cc2)n[nH]c1Nc1ccccn1. The Hall–Kier alpha value is -4.87. The molecule has 194 valence electrons. The maximum Gasteiger partial charge on any atom is 0.416 e. The number of rotatable bonds is 5. The number of urea groups is 1. The molecule has 4 aromatic rings. The van der Waals surface area contributed by atoms with E-state index in [0.717, 1.165) is 6.07 Å². The van der Waals surface area contributed by atoms with E-state index in [0.29, 0.717) is 41.3 Å². The van der Waals surface area contributed by atoms with Crippen LogP contribution in [0.5, 0.6) is 0 Å². The first kappa shape index (κ1) is 24.8. The minimum atomic E-state index is -4.50. The van der Waals surface area contributed by atoms with Crippen molar-refractivity contribution in [2.24, 2.45) is 5.73 Å². The molecule has 5 rings (SSSR count). The van der Waals surface area contributed by atoms with Gasteiger partial charge >= 0.3 is 12.2 Å². The van der Waals surface area contributed by atoms with Crippen LogP contribution in [0.3, 0.4) is 0 Å². The van der Waals surface area contributed by atoms with Crippen LogP contribution in [0.15, 0.2) is 66.9 Å². The number of anilines is 3. The Morgan fingerprint density at radius 3 is 2.50 bits per heavy atom. The number of H-pyrrole nitrogens is 1. The summed E-state index contributed by atoms with van der Waals surface area (Å²) < 4.78 is 40.4. The number of carbonyl (C=O) groups excluding carboxylic acids is 2. The maximum atomic E-state index is 13.5. The van der Waals surface area contributed by atoms with Crippen molar-refractivity contribution < 1.29 is 22.8 Å². The number of hydrogen-bond donors (Lipinski definition) is 4. The topological polar surface area (TPSA) is 129 Å². The van der Waals surface area contributed by atoms with Crippen molar-refractivity contribution in [3.8, 4) is 11.3 Å². The van der Waals surface area contributed by atoms with Gasteiger partial charge < -0.3 is 21.3 Å². The summed E-state index contributed by atoms with van der Waals surface area (Å²) in [6, 6.07) is 15.3. The molecule has 1 aliphatic heterocycles. The monoisotopic (exact) mass is 521 g/mol. The second kappa shape index (κ2) is 9.88. The molecular formula is C26H22F3N7O2. The van der Waals surface area contributed by atoms with Gasteiger partial charge in [-0.3, -0.25) is 9.89 Å². The van der Waals surface area contributed by atoms with Crippen LogP contribution in [0.2, 0.25) is 0 Å². The van der Waals surface area contributed by atoms with Crippen molar-refractivity contribution in [3.63, 3.8) is 0 Å². The van der Waals surface area contributed by atoms with Crippen LogP contribution in [0.1, 0.15) is 27.0 Å². The van der Waals surface area contributed by atoms with E-state index in [1.165, 1.54) is 11.0 Å². The van der Waals surface area contributed by atoms with Crippen molar-refractivity contribution in [2.45, 2.75) is 19.1 Å². The molecule has 0 radical (unpaired) electrons. The average Bonchev–Trinajstić information content (AvgIpc) is 3.32. The zero-order valence-electron chi connectivity index (χ0n) is 19.8. The number of amides is 3. The van der Waals surface area contributed by atoms with E-state index in [-0.39, 0.29) is 23.5 Å². The standard InChI is InChI=1S/C26H22F3N7O2/c27-26(28,29)19-5-3-4-15-11-13-36(14-18(15)19)25(38)32-17-9-7-16(8-10-17)22-21(23(30)37)24(35-34-22)33-20-6-1-2-12-31-20/h1-10,12H,11,13-14H2,(H2,30,37)(H,32,38)(H2,31,33,34,35). The van der Waals surface area contributed by atoms with E-state index in [9.17, 15) is 22.8 Å². The highest BCUT2D eigenvalue weighted by molar-refractivity contribution is 6.04. The van der Waals surface area contributed by atoms with Gasteiger partial charge in [-0.1, -0.05) is 30.3 Å². The Labute approximate surface area is 214 Å². The molecule has 2 aromatic heterocycles. The first-order valence-electron chi connectivity index (χ1n) is 11.6. The zero-order chi connectivity index (χ0) is 26.9. The van der Waals surface area contributed by atoms with Crippen LogP contribution >= 0.6 is 0 Å². The molecule has 5 N–H and O–H groups in total. The van der Waals surface area contributed by atoms with E-state index < -0.39 is 23.7 Å². The fourth-order valence-corrected chi connectivity index (χ4v) is 4.38. The van der Waals surface area contributed by atoms with Gasteiger partial charge in [0.1, 0.15) is 22.9 Å². The fraction of sp³-hybridized carbons (Fsp3) is 0.154. The van der Waals surface area contributed by atoms with Gasteiger partial charge in [0.15, 0.2) is 0 Å². The Balaban J connectivity index is 1.31. The van der Waals surface area contributed by atoms with Gasteiger partial charge in [0, 0.05) is 30.5 Å². The van der Waals surface area contributed by atoms with Crippen molar-refractivity contribution in [1.82, 2.24) is 20.1 Å². The highest BCUT2D eigenvalue weighted by Crippen LogP contribution is 2.36. The number of nitrogens with one attached hydrogen (secondary N) is 3. The molecule has 0 saturated carbocycles. The van der Waals surface area contributed by atoms with Crippen LogP contribution in [0.25, 0.3) is 11.3 Å². The second-order valence-corrected chi connectivity index (χ2v) is 8.65. The Morgan fingerprint density at radius 2 is 1.82 bits per heavy atom. The molecule has 0 atom stereocenters. The minimum Gasteiger partial charge on any atom is -0.365 e. The number of fused-ring (bicyclic) bond motifs is 1. The number of alkyl halides is 3. The van der Waals surface area contributed by atoms with Gasteiger partial charge in [0.05, 0.1) is 5.56 Å². The summed E-state index contributed by atoms with van der Waals surface area (Å²) in [5, 5.41) is 12.7. The van der Waals surface area contributed by atoms with Crippen molar-refractivity contribution in [1.29, 1.82) is 0 Å².